The zero-order chi connectivity index (χ0) is 27.5. The molecule has 0 spiro atoms. The lowest BCUT2D eigenvalue weighted by Crippen LogP contribution is -2.46. The average Bonchev–Trinajstić information content (AvgIpc) is 3.42. The average molecular weight is 566 g/mol. The molecule has 39 heavy (non-hydrogen) atoms. The Balaban J connectivity index is 1.38. The topological polar surface area (TPSA) is 197 Å². The second kappa shape index (κ2) is 9.51. The van der Waals surface area contributed by atoms with Gasteiger partial charge in [-0.15, -0.1) is 32.9 Å². The molecule has 1 saturated carbocycles. The van der Waals surface area contributed by atoms with Gasteiger partial charge in [0.15, 0.2) is 5.82 Å². The van der Waals surface area contributed by atoms with Gasteiger partial charge in [-0.1, -0.05) is 5.21 Å². The van der Waals surface area contributed by atoms with Crippen LogP contribution in [0.1, 0.15) is 72.2 Å². The summed E-state index contributed by atoms with van der Waals surface area (Å²) in [5.74, 6) is -0.294. The highest BCUT2D eigenvalue weighted by Crippen LogP contribution is 2.52. The predicted octanol–water partition coefficient (Wildman–Crippen LogP) is 0.835. The monoisotopic (exact) mass is 565 g/mol. The van der Waals surface area contributed by atoms with Gasteiger partial charge in [0, 0.05) is 21.8 Å². The summed E-state index contributed by atoms with van der Waals surface area (Å²) in [6, 6.07) is 5.49. The van der Waals surface area contributed by atoms with Gasteiger partial charge in [-0.3, -0.25) is 14.4 Å². The summed E-state index contributed by atoms with van der Waals surface area (Å²) in [7, 11) is 0. The first-order chi connectivity index (χ1) is 18.7. The number of hydrogen-bond donors (Lipinski definition) is 4. The molecule has 3 aromatic heterocycles. The van der Waals surface area contributed by atoms with Crippen LogP contribution in [0.4, 0.5) is 0 Å². The molecule has 6 rings (SSSR count). The maximum absolute atomic E-state index is 13.1. The number of nitrogens with one attached hydrogen (secondary N) is 2. The van der Waals surface area contributed by atoms with E-state index in [1.807, 2.05) is 19.1 Å². The summed E-state index contributed by atoms with van der Waals surface area (Å²) in [5, 5.41) is 28.1. The molecular formula is C25H27N9O3S2. The van der Waals surface area contributed by atoms with Crippen LogP contribution in [0.5, 0.6) is 0 Å². The number of tetrazole rings is 1. The lowest BCUT2D eigenvalue weighted by atomic mass is 9.76. The number of nitrogens with zero attached hydrogens (tertiary/aromatic N) is 5. The van der Waals surface area contributed by atoms with Crippen LogP contribution >= 0.6 is 22.7 Å². The first-order valence-corrected chi connectivity index (χ1v) is 14.4. The van der Waals surface area contributed by atoms with Crippen molar-refractivity contribution in [2.24, 2.45) is 17.4 Å². The van der Waals surface area contributed by atoms with E-state index >= 15 is 0 Å². The van der Waals surface area contributed by atoms with E-state index in [0.29, 0.717) is 40.8 Å². The van der Waals surface area contributed by atoms with Crippen molar-refractivity contribution in [3.63, 3.8) is 0 Å². The molecule has 2 fully saturated rings. The Labute approximate surface area is 231 Å². The number of carbonyl (C=O) groups is 3. The number of carbonyl (C=O) groups excluding carboxylic acids is 3. The molecule has 1 aliphatic heterocycles. The highest BCUT2D eigenvalue weighted by atomic mass is 32.1. The highest BCUT2D eigenvalue weighted by molar-refractivity contribution is 7.16. The summed E-state index contributed by atoms with van der Waals surface area (Å²) >= 11 is 2.59. The lowest BCUT2D eigenvalue weighted by molar-refractivity contribution is -0.131. The Morgan fingerprint density at radius 1 is 1.18 bits per heavy atom. The standard InChI is InChI=1S/C25H27N9O3S2/c1-11(29-10-19(35)34-15(9-26)4-14-5-16(14)34)8-25(24-30-32-33-31-24)20-12(6-17(38-20)22(27)36)2-3-13-7-18(23(28)37)39-21(13)25/h6-7,11,14-16,29H,2-5,8,10H2,1H3,(H2,27,36)(H2,28,37)(H,30,31,32,33)/t11-,14+,15?,16-/m0/s1. The van der Waals surface area contributed by atoms with Crippen LogP contribution in [0.15, 0.2) is 12.1 Å². The molecule has 0 aromatic carbocycles. The summed E-state index contributed by atoms with van der Waals surface area (Å²) in [5.41, 5.74) is 12.3. The maximum atomic E-state index is 13.1. The Kier molecular flexibility index (Phi) is 6.24. The van der Waals surface area contributed by atoms with Crippen molar-refractivity contribution in [3.05, 3.63) is 48.6 Å². The number of likely N-dealkylation sites (tertiary alicyclic amines) is 1. The summed E-state index contributed by atoms with van der Waals surface area (Å²) in [6.07, 6.45) is 3.39. The number of nitrogens with two attached hydrogens (primary N) is 2. The van der Waals surface area contributed by atoms with Crippen LogP contribution < -0.4 is 16.8 Å². The number of thiophene rings is 2. The van der Waals surface area contributed by atoms with Gasteiger partial charge in [-0.25, -0.2) is 0 Å². The van der Waals surface area contributed by atoms with Crippen molar-refractivity contribution in [2.75, 3.05) is 6.54 Å². The number of H-pyrrole nitrogens is 1. The first kappa shape index (κ1) is 25.6. The first-order valence-electron chi connectivity index (χ1n) is 12.8. The van der Waals surface area contributed by atoms with Crippen molar-refractivity contribution in [2.45, 2.75) is 62.6 Å². The van der Waals surface area contributed by atoms with Crippen molar-refractivity contribution >= 4 is 40.4 Å². The molecule has 1 saturated heterocycles. The summed E-state index contributed by atoms with van der Waals surface area (Å²) < 4.78 is 0. The second-order valence-corrected chi connectivity index (χ2v) is 12.6. The van der Waals surface area contributed by atoms with Crippen LogP contribution in [-0.2, 0) is 23.1 Å². The van der Waals surface area contributed by atoms with E-state index < -0.39 is 17.2 Å². The van der Waals surface area contributed by atoms with Crippen LogP contribution in [0.2, 0.25) is 0 Å². The Morgan fingerprint density at radius 3 is 2.36 bits per heavy atom. The SMILES string of the molecule is C[C@@H](CC1(c2nn[nH]n2)c2sc(C(N)=O)cc2CCc2cc(C(N)=O)sc21)NCC(=O)N1C(C#N)C[C@@H]2C[C@@H]21. The third kappa shape index (κ3) is 4.21. The molecule has 3 aliphatic rings. The summed E-state index contributed by atoms with van der Waals surface area (Å²) in [4.78, 5) is 41.8. The van der Waals surface area contributed by atoms with Crippen molar-refractivity contribution < 1.29 is 14.4 Å². The predicted molar refractivity (Wildman–Crippen MR) is 142 cm³/mol. The molecule has 2 aliphatic carbocycles. The van der Waals surface area contributed by atoms with Gasteiger partial charge in [0.25, 0.3) is 11.8 Å². The number of hydrogen-bond acceptors (Lipinski definition) is 10. The highest BCUT2D eigenvalue weighted by Gasteiger charge is 2.54. The van der Waals surface area contributed by atoms with Crippen molar-refractivity contribution in [3.8, 4) is 6.07 Å². The maximum Gasteiger partial charge on any atom is 0.258 e. The fourth-order valence-electron chi connectivity index (χ4n) is 6.20. The van der Waals surface area contributed by atoms with E-state index in [0.717, 1.165) is 33.7 Å². The molecule has 1 unspecified atom stereocenters. The fraction of sp³-hybridized carbons (Fsp3) is 0.480. The lowest BCUT2D eigenvalue weighted by Gasteiger charge is -2.33. The molecule has 202 valence electrons. The van der Waals surface area contributed by atoms with Gasteiger partial charge < -0.3 is 21.7 Å². The molecule has 4 heterocycles. The number of aromatic nitrogens is 4. The van der Waals surface area contributed by atoms with Gasteiger partial charge >= 0.3 is 0 Å². The van der Waals surface area contributed by atoms with E-state index in [1.54, 1.807) is 4.90 Å². The van der Waals surface area contributed by atoms with Gasteiger partial charge in [0.05, 0.1) is 22.4 Å². The van der Waals surface area contributed by atoms with E-state index in [1.165, 1.54) is 22.7 Å². The van der Waals surface area contributed by atoms with E-state index in [2.05, 4.69) is 32.0 Å². The molecule has 0 radical (unpaired) electrons. The Bertz CT molecular complexity index is 1440. The smallest absolute Gasteiger partial charge is 0.258 e. The zero-order valence-corrected chi connectivity index (χ0v) is 22.8. The van der Waals surface area contributed by atoms with Crippen molar-refractivity contribution in [1.82, 2.24) is 30.8 Å². The Morgan fingerprint density at radius 2 is 1.82 bits per heavy atom. The largest absolute Gasteiger partial charge is 0.365 e. The number of nitriles is 1. The molecular weight excluding hydrogens is 538 g/mol. The minimum Gasteiger partial charge on any atom is -0.365 e. The minimum atomic E-state index is -0.967. The molecule has 0 bridgehead atoms. The fourth-order valence-corrected chi connectivity index (χ4v) is 8.80. The third-order valence-electron chi connectivity index (χ3n) is 8.03. The Hall–Kier alpha value is -3.67. The van der Waals surface area contributed by atoms with E-state index in [-0.39, 0.29) is 30.6 Å². The molecule has 3 amide bonds. The molecule has 4 atom stereocenters. The summed E-state index contributed by atoms with van der Waals surface area (Å²) in [6.45, 7) is 2.05. The number of primary amides is 2. The third-order valence-corrected chi connectivity index (χ3v) is 10.7. The molecule has 12 nitrogen and oxygen atoms in total. The number of piperidine rings is 1. The molecule has 3 aromatic rings. The van der Waals surface area contributed by atoms with Gasteiger partial charge in [-0.05, 0) is 68.2 Å². The normalized spacial score (nSPS) is 23.2. The van der Waals surface area contributed by atoms with Gasteiger partial charge in [0.1, 0.15) is 11.5 Å². The van der Waals surface area contributed by atoms with Crippen LogP contribution in [-0.4, -0.2) is 67.9 Å². The quantitative estimate of drug-likeness (QED) is 0.308. The van der Waals surface area contributed by atoms with Gasteiger partial charge in [-0.2, -0.15) is 10.5 Å². The number of aromatic amines is 1. The van der Waals surface area contributed by atoms with Crippen LogP contribution in [0.3, 0.4) is 0 Å². The second-order valence-electron chi connectivity index (χ2n) is 10.5. The molecule has 6 N–H and O–H groups in total. The number of amides is 3. The minimum absolute atomic E-state index is 0.0819. The van der Waals surface area contributed by atoms with E-state index in [9.17, 15) is 19.6 Å². The van der Waals surface area contributed by atoms with E-state index in [4.69, 9.17) is 11.5 Å². The van der Waals surface area contributed by atoms with Gasteiger partial charge in [0.2, 0.25) is 5.91 Å². The zero-order valence-electron chi connectivity index (χ0n) is 21.1. The van der Waals surface area contributed by atoms with Crippen molar-refractivity contribution in [1.29, 1.82) is 5.26 Å². The number of aryl methyl sites for hydroxylation is 2. The molecule has 14 heteroatoms. The number of fused-ring (bicyclic) bond motifs is 3. The number of rotatable bonds is 8. The van der Waals surface area contributed by atoms with Crippen LogP contribution in [0, 0.1) is 17.2 Å². The van der Waals surface area contributed by atoms with Crippen LogP contribution in [0.25, 0.3) is 0 Å².